The van der Waals surface area contributed by atoms with E-state index in [0.29, 0.717) is 6.61 Å². The number of ether oxygens (including phenoxy) is 1. The number of halogens is 1. The Balaban J connectivity index is 2.58. The Hall–Kier alpha value is -1.03. The highest BCUT2D eigenvalue weighted by Gasteiger charge is 2.11. The lowest BCUT2D eigenvalue weighted by molar-refractivity contribution is -0.115. The van der Waals surface area contributed by atoms with Gasteiger partial charge < -0.3 is 10.1 Å². The summed E-state index contributed by atoms with van der Waals surface area (Å²) in [5.74, 6) is 0.790. The fraction of sp³-hybridized carbons (Fsp3) is 0.417. The molecule has 0 aliphatic carbocycles. The number of hydrogen-bond donors (Lipinski definition) is 1. The van der Waals surface area contributed by atoms with Gasteiger partial charge in [-0.1, -0.05) is 22.9 Å². The van der Waals surface area contributed by atoms with Crippen molar-refractivity contribution in [1.29, 1.82) is 0 Å². The second-order valence-electron chi connectivity index (χ2n) is 3.32. The molecule has 3 nitrogen and oxygen atoms in total. The first-order chi connectivity index (χ1) is 7.67. The molecule has 1 N–H and O–H groups in total. The molecule has 0 aliphatic rings. The smallest absolute Gasteiger partial charge is 0.238 e. The van der Waals surface area contributed by atoms with Crippen molar-refractivity contribution in [1.82, 2.24) is 0 Å². The third-order valence-corrected chi connectivity index (χ3v) is 3.14. The van der Waals surface area contributed by atoms with E-state index in [0.717, 1.165) is 17.9 Å². The molecule has 0 spiro atoms. The molecule has 16 heavy (non-hydrogen) atoms. The third-order valence-electron chi connectivity index (χ3n) is 2.08. The van der Waals surface area contributed by atoms with Crippen LogP contribution in [-0.2, 0) is 4.79 Å². The van der Waals surface area contributed by atoms with Gasteiger partial charge in [0.05, 0.1) is 11.4 Å². The van der Waals surface area contributed by atoms with Gasteiger partial charge in [0.1, 0.15) is 5.75 Å². The Labute approximate surface area is 104 Å². The third kappa shape index (κ3) is 3.85. The maximum absolute atomic E-state index is 11.6. The lowest BCUT2D eigenvalue weighted by Crippen LogP contribution is -2.21. The minimum atomic E-state index is -0.140. The van der Waals surface area contributed by atoms with Crippen LogP contribution in [0.4, 0.5) is 5.69 Å². The molecule has 1 aromatic carbocycles. The zero-order valence-electron chi connectivity index (χ0n) is 9.50. The molecule has 0 unspecified atom stereocenters. The van der Waals surface area contributed by atoms with Crippen molar-refractivity contribution in [3.8, 4) is 5.75 Å². The maximum Gasteiger partial charge on any atom is 0.238 e. The second-order valence-corrected chi connectivity index (χ2v) is 4.43. The number of anilines is 1. The molecule has 0 saturated carbocycles. The van der Waals surface area contributed by atoms with Crippen molar-refractivity contribution in [2.75, 3.05) is 11.9 Å². The van der Waals surface area contributed by atoms with Crippen LogP contribution in [0.25, 0.3) is 0 Å². The molecule has 0 radical (unpaired) electrons. The van der Waals surface area contributed by atoms with Gasteiger partial charge in [-0.15, -0.1) is 0 Å². The molecule has 0 bridgehead atoms. The van der Waals surface area contributed by atoms with E-state index in [4.69, 9.17) is 4.74 Å². The first-order valence-corrected chi connectivity index (χ1v) is 6.26. The van der Waals surface area contributed by atoms with E-state index >= 15 is 0 Å². The van der Waals surface area contributed by atoms with Gasteiger partial charge in [0.25, 0.3) is 0 Å². The van der Waals surface area contributed by atoms with Crippen molar-refractivity contribution in [2.45, 2.75) is 25.1 Å². The quantitative estimate of drug-likeness (QED) is 0.844. The van der Waals surface area contributed by atoms with E-state index in [9.17, 15) is 4.79 Å². The summed E-state index contributed by atoms with van der Waals surface area (Å²) in [5.41, 5.74) is 0.784. The maximum atomic E-state index is 11.6. The van der Waals surface area contributed by atoms with Crippen LogP contribution < -0.4 is 10.1 Å². The zero-order valence-corrected chi connectivity index (χ0v) is 11.1. The zero-order chi connectivity index (χ0) is 12.0. The summed E-state index contributed by atoms with van der Waals surface area (Å²) < 4.78 is 5.31. The minimum absolute atomic E-state index is 0.0216. The number of alkyl halides is 1. The van der Waals surface area contributed by atoms with Gasteiger partial charge in [-0.05, 0) is 37.6 Å². The number of hydrogen-bond acceptors (Lipinski definition) is 2. The number of rotatable bonds is 5. The number of amides is 1. The normalized spacial score (nSPS) is 11.9. The minimum Gasteiger partial charge on any atom is -0.494 e. The van der Waals surface area contributed by atoms with E-state index in [1.807, 2.05) is 38.1 Å². The lowest BCUT2D eigenvalue weighted by atomic mass is 10.2. The summed E-state index contributed by atoms with van der Waals surface area (Å²) in [6.45, 7) is 4.54. The Bertz CT molecular complexity index is 337. The van der Waals surface area contributed by atoms with Crippen molar-refractivity contribution in [2.24, 2.45) is 0 Å². The highest BCUT2D eigenvalue weighted by atomic mass is 79.9. The Morgan fingerprint density at radius 3 is 2.50 bits per heavy atom. The summed E-state index contributed by atoms with van der Waals surface area (Å²) in [5, 5.41) is 2.82. The first kappa shape index (κ1) is 13.0. The van der Waals surface area contributed by atoms with Gasteiger partial charge in [0.15, 0.2) is 0 Å². The van der Waals surface area contributed by atoms with Crippen LogP contribution in [0.5, 0.6) is 5.75 Å². The van der Waals surface area contributed by atoms with Crippen molar-refractivity contribution in [3.63, 3.8) is 0 Å². The summed E-state index contributed by atoms with van der Waals surface area (Å²) in [6.07, 6.45) is 0.767. The van der Waals surface area contributed by atoms with E-state index in [1.165, 1.54) is 0 Å². The van der Waals surface area contributed by atoms with E-state index in [1.54, 1.807) is 0 Å². The van der Waals surface area contributed by atoms with Crippen LogP contribution in [-0.4, -0.2) is 17.3 Å². The first-order valence-electron chi connectivity index (χ1n) is 5.35. The fourth-order valence-electron chi connectivity index (χ4n) is 1.21. The Morgan fingerprint density at radius 2 is 2.00 bits per heavy atom. The van der Waals surface area contributed by atoms with Crippen molar-refractivity contribution >= 4 is 27.5 Å². The molecule has 1 rings (SSSR count). The standard InChI is InChI=1S/C12H16BrNO2/c1-3-11(13)12(15)14-9-5-7-10(8-6-9)16-4-2/h5-8,11H,3-4H2,1-2H3,(H,14,15)/t11-/m1/s1. The Morgan fingerprint density at radius 1 is 1.38 bits per heavy atom. The molecular weight excluding hydrogens is 270 g/mol. The van der Waals surface area contributed by atoms with Gasteiger partial charge in [0, 0.05) is 5.69 Å². The Kier molecular flexibility index (Phi) is 5.32. The molecule has 1 atom stereocenters. The van der Waals surface area contributed by atoms with Crippen molar-refractivity contribution < 1.29 is 9.53 Å². The van der Waals surface area contributed by atoms with Gasteiger partial charge in [0.2, 0.25) is 5.91 Å². The molecule has 0 aliphatic heterocycles. The average molecular weight is 286 g/mol. The number of carbonyl (C=O) groups is 1. The van der Waals surface area contributed by atoms with Gasteiger partial charge in [-0.3, -0.25) is 4.79 Å². The SMILES string of the molecule is CCOc1ccc(NC(=O)[C@H](Br)CC)cc1. The molecule has 0 aromatic heterocycles. The van der Waals surface area contributed by atoms with Crippen LogP contribution >= 0.6 is 15.9 Å². The molecule has 88 valence electrons. The van der Waals surface area contributed by atoms with Crippen molar-refractivity contribution in [3.05, 3.63) is 24.3 Å². The highest BCUT2D eigenvalue weighted by Crippen LogP contribution is 2.16. The summed E-state index contributed by atoms with van der Waals surface area (Å²) in [6, 6.07) is 7.35. The molecule has 0 fully saturated rings. The van der Waals surface area contributed by atoms with Gasteiger partial charge in [-0.25, -0.2) is 0 Å². The monoisotopic (exact) mass is 285 g/mol. The van der Waals surface area contributed by atoms with Crippen LogP contribution in [0.1, 0.15) is 20.3 Å². The number of benzene rings is 1. The van der Waals surface area contributed by atoms with E-state index in [-0.39, 0.29) is 10.7 Å². The largest absolute Gasteiger partial charge is 0.494 e. The topological polar surface area (TPSA) is 38.3 Å². The average Bonchev–Trinajstić information content (AvgIpc) is 2.31. The highest BCUT2D eigenvalue weighted by molar-refractivity contribution is 9.10. The van der Waals surface area contributed by atoms with Crippen LogP contribution in [0.2, 0.25) is 0 Å². The molecule has 4 heteroatoms. The molecular formula is C12H16BrNO2. The molecule has 1 aromatic rings. The summed E-state index contributed by atoms with van der Waals surface area (Å²) in [4.78, 5) is 11.4. The predicted molar refractivity (Wildman–Crippen MR) is 69.2 cm³/mol. The lowest BCUT2D eigenvalue weighted by Gasteiger charge is -2.09. The predicted octanol–water partition coefficient (Wildman–Crippen LogP) is 3.20. The molecule has 0 saturated heterocycles. The summed E-state index contributed by atoms with van der Waals surface area (Å²) >= 11 is 3.30. The number of nitrogens with one attached hydrogen (secondary N) is 1. The summed E-state index contributed by atoms with van der Waals surface area (Å²) in [7, 11) is 0. The van der Waals surface area contributed by atoms with Gasteiger partial charge >= 0.3 is 0 Å². The molecule has 0 heterocycles. The van der Waals surface area contributed by atoms with E-state index in [2.05, 4.69) is 21.2 Å². The van der Waals surface area contributed by atoms with E-state index < -0.39 is 0 Å². The van der Waals surface area contributed by atoms with Crippen LogP contribution in [0.3, 0.4) is 0 Å². The number of carbonyl (C=O) groups excluding carboxylic acids is 1. The molecule has 1 amide bonds. The van der Waals surface area contributed by atoms with Crippen LogP contribution in [0.15, 0.2) is 24.3 Å². The van der Waals surface area contributed by atoms with Gasteiger partial charge in [-0.2, -0.15) is 0 Å². The van der Waals surface area contributed by atoms with Crippen LogP contribution in [0, 0.1) is 0 Å². The fourth-order valence-corrected chi connectivity index (χ4v) is 1.32. The second kappa shape index (κ2) is 6.53.